The summed E-state index contributed by atoms with van der Waals surface area (Å²) in [6, 6.07) is 54.4. The Morgan fingerprint density at radius 3 is 1.27 bits per heavy atom. The fourth-order valence-electron chi connectivity index (χ4n) is 6.81. The van der Waals surface area contributed by atoms with Crippen LogP contribution in [0.25, 0.3) is 77.2 Å². The highest BCUT2D eigenvalue weighted by molar-refractivity contribution is 6.10. The van der Waals surface area contributed by atoms with Crippen LogP contribution >= 0.6 is 0 Å². The van der Waals surface area contributed by atoms with Gasteiger partial charge in [-0.3, -0.25) is 4.98 Å². The number of rotatable bonds is 4. The van der Waals surface area contributed by atoms with Crippen molar-refractivity contribution in [2.24, 2.45) is 0 Å². The molecule has 0 aliphatic carbocycles. The molecule has 0 fully saturated rings. The van der Waals surface area contributed by atoms with E-state index in [0.29, 0.717) is 0 Å². The maximum atomic E-state index is 4.71. The minimum atomic E-state index is 1.05. The first-order chi connectivity index (χ1) is 21.8. The first kappa shape index (κ1) is 24.6. The SMILES string of the molecule is c1cc(-c2cccc(-n3c4ccccc4c4ccccc43)c2)cc(-c2cncc(-n3c4ccccc4c4ccccc43)c2)c1. The Morgan fingerprint density at radius 2 is 0.727 bits per heavy atom. The number of aromatic nitrogens is 3. The van der Waals surface area contributed by atoms with Gasteiger partial charge in [-0.2, -0.15) is 0 Å². The van der Waals surface area contributed by atoms with E-state index in [9.17, 15) is 0 Å². The molecule has 6 aromatic carbocycles. The molecule has 3 nitrogen and oxygen atoms in total. The minimum Gasteiger partial charge on any atom is -0.309 e. The van der Waals surface area contributed by atoms with Gasteiger partial charge in [-0.1, -0.05) is 103 Å². The quantitative estimate of drug-likeness (QED) is 0.210. The Morgan fingerprint density at radius 1 is 0.318 bits per heavy atom. The summed E-state index contributed by atoms with van der Waals surface area (Å²) >= 11 is 0. The fraction of sp³-hybridized carbons (Fsp3) is 0. The summed E-state index contributed by atoms with van der Waals surface area (Å²) in [6.07, 6.45) is 3.92. The zero-order valence-electron chi connectivity index (χ0n) is 23.9. The Hall–Kier alpha value is -5.93. The molecule has 9 aromatic rings. The Kier molecular flexibility index (Phi) is 5.50. The second-order valence-electron chi connectivity index (χ2n) is 11.3. The summed E-state index contributed by atoms with van der Waals surface area (Å²) in [5.41, 5.74) is 11.6. The molecule has 0 unspecified atom stereocenters. The van der Waals surface area contributed by atoms with Crippen LogP contribution in [-0.2, 0) is 0 Å². The topological polar surface area (TPSA) is 22.8 Å². The van der Waals surface area contributed by atoms with Gasteiger partial charge in [-0.05, 0) is 65.2 Å². The zero-order valence-corrected chi connectivity index (χ0v) is 23.9. The van der Waals surface area contributed by atoms with Crippen molar-refractivity contribution < 1.29 is 0 Å². The van der Waals surface area contributed by atoms with E-state index >= 15 is 0 Å². The average molecular weight is 562 g/mol. The molecular formula is C41H27N3. The predicted molar refractivity (Wildman–Crippen MR) is 184 cm³/mol. The van der Waals surface area contributed by atoms with Crippen molar-refractivity contribution in [2.45, 2.75) is 0 Å². The molecule has 9 rings (SSSR count). The van der Waals surface area contributed by atoms with Gasteiger partial charge >= 0.3 is 0 Å². The van der Waals surface area contributed by atoms with Crippen molar-refractivity contribution in [1.29, 1.82) is 0 Å². The maximum Gasteiger partial charge on any atom is 0.0651 e. The van der Waals surface area contributed by atoms with Crippen LogP contribution in [-0.4, -0.2) is 14.1 Å². The third-order valence-corrected chi connectivity index (χ3v) is 8.78. The van der Waals surface area contributed by atoms with Crippen LogP contribution < -0.4 is 0 Å². The fourth-order valence-corrected chi connectivity index (χ4v) is 6.81. The summed E-state index contributed by atoms with van der Waals surface area (Å²) < 4.78 is 4.69. The largest absolute Gasteiger partial charge is 0.309 e. The Balaban J connectivity index is 1.15. The highest BCUT2D eigenvalue weighted by Crippen LogP contribution is 2.35. The first-order valence-electron chi connectivity index (χ1n) is 15.0. The van der Waals surface area contributed by atoms with Crippen LogP contribution in [0.3, 0.4) is 0 Å². The van der Waals surface area contributed by atoms with Crippen molar-refractivity contribution in [2.75, 3.05) is 0 Å². The predicted octanol–water partition coefficient (Wildman–Crippen LogP) is 10.6. The number of hydrogen-bond donors (Lipinski definition) is 0. The van der Waals surface area contributed by atoms with Gasteiger partial charge in [0.05, 0.1) is 34.0 Å². The van der Waals surface area contributed by atoms with Crippen molar-refractivity contribution in [1.82, 2.24) is 14.1 Å². The van der Waals surface area contributed by atoms with Crippen LogP contribution in [0.1, 0.15) is 0 Å². The third kappa shape index (κ3) is 3.80. The molecule has 0 spiro atoms. The lowest BCUT2D eigenvalue weighted by atomic mass is 9.99. The normalized spacial score (nSPS) is 11.6. The van der Waals surface area contributed by atoms with Crippen LogP contribution in [0.2, 0.25) is 0 Å². The molecule has 0 aliphatic rings. The average Bonchev–Trinajstić information content (AvgIpc) is 3.62. The first-order valence-corrected chi connectivity index (χ1v) is 15.0. The van der Waals surface area contributed by atoms with Gasteiger partial charge in [-0.15, -0.1) is 0 Å². The van der Waals surface area contributed by atoms with Crippen molar-refractivity contribution in [3.05, 3.63) is 164 Å². The molecule has 3 aromatic heterocycles. The van der Waals surface area contributed by atoms with E-state index in [2.05, 4.69) is 161 Å². The maximum absolute atomic E-state index is 4.71. The van der Waals surface area contributed by atoms with Gasteiger partial charge in [0.15, 0.2) is 0 Å². The molecule has 0 N–H and O–H groups in total. The highest BCUT2D eigenvalue weighted by atomic mass is 15.0. The summed E-state index contributed by atoms with van der Waals surface area (Å²) in [4.78, 5) is 4.71. The molecule has 3 heteroatoms. The second-order valence-corrected chi connectivity index (χ2v) is 11.3. The second kappa shape index (κ2) is 9.82. The van der Waals surface area contributed by atoms with Gasteiger partial charge < -0.3 is 9.13 Å². The van der Waals surface area contributed by atoms with Crippen LogP contribution in [0, 0.1) is 0 Å². The zero-order chi connectivity index (χ0) is 29.0. The number of fused-ring (bicyclic) bond motifs is 6. The standard InChI is InChI=1S/C41H27N3/c1-5-19-38-34(15-1)35-16-2-6-20-39(35)43(38)32-14-10-13-30(24-32)28-11-9-12-29(23-28)31-25-33(27-42-26-31)44-40-21-7-3-17-36(40)37-18-4-8-22-41(37)44/h1-27H. The third-order valence-electron chi connectivity index (χ3n) is 8.78. The van der Waals surface area contributed by atoms with E-state index in [1.54, 1.807) is 0 Å². The van der Waals surface area contributed by atoms with Crippen molar-refractivity contribution in [3.8, 4) is 33.6 Å². The molecule has 44 heavy (non-hydrogen) atoms. The van der Waals surface area contributed by atoms with E-state index in [-0.39, 0.29) is 0 Å². The lowest BCUT2D eigenvalue weighted by Gasteiger charge is -2.12. The van der Waals surface area contributed by atoms with E-state index < -0.39 is 0 Å². The number of hydrogen-bond acceptors (Lipinski definition) is 1. The lowest BCUT2D eigenvalue weighted by molar-refractivity contribution is 1.14. The summed E-state index contributed by atoms with van der Waals surface area (Å²) in [5, 5.41) is 5.04. The molecule has 0 radical (unpaired) electrons. The molecule has 3 heterocycles. The monoisotopic (exact) mass is 561 g/mol. The molecule has 0 aliphatic heterocycles. The van der Waals surface area contributed by atoms with Crippen LogP contribution in [0.4, 0.5) is 0 Å². The number of pyridine rings is 1. The van der Waals surface area contributed by atoms with Gasteiger partial charge in [-0.25, -0.2) is 0 Å². The number of para-hydroxylation sites is 4. The van der Waals surface area contributed by atoms with Crippen LogP contribution in [0.15, 0.2) is 164 Å². The summed E-state index contributed by atoms with van der Waals surface area (Å²) in [6.45, 7) is 0. The van der Waals surface area contributed by atoms with Crippen molar-refractivity contribution >= 4 is 43.6 Å². The minimum absolute atomic E-state index is 1.05. The van der Waals surface area contributed by atoms with Gasteiger partial charge in [0.2, 0.25) is 0 Å². The highest BCUT2D eigenvalue weighted by Gasteiger charge is 2.14. The Bertz CT molecular complexity index is 2230. The Labute approximate surface area is 254 Å². The van der Waals surface area contributed by atoms with Gasteiger partial charge in [0, 0.05) is 39.0 Å². The molecule has 0 amide bonds. The van der Waals surface area contributed by atoms with E-state index in [0.717, 1.165) is 22.5 Å². The molecule has 206 valence electrons. The van der Waals surface area contributed by atoms with E-state index in [4.69, 9.17) is 4.98 Å². The molecule has 0 saturated heterocycles. The summed E-state index contributed by atoms with van der Waals surface area (Å²) in [5.74, 6) is 0. The molecule has 0 atom stereocenters. The lowest BCUT2D eigenvalue weighted by Crippen LogP contribution is -1.95. The van der Waals surface area contributed by atoms with Gasteiger partial charge in [0.25, 0.3) is 0 Å². The molecular weight excluding hydrogens is 534 g/mol. The van der Waals surface area contributed by atoms with Gasteiger partial charge in [0.1, 0.15) is 0 Å². The molecule has 0 bridgehead atoms. The van der Waals surface area contributed by atoms with Crippen molar-refractivity contribution in [3.63, 3.8) is 0 Å². The van der Waals surface area contributed by atoms with E-state index in [1.165, 1.54) is 54.7 Å². The molecule has 0 saturated carbocycles. The van der Waals surface area contributed by atoms with E-state index in [1.807, 2.05) is 12.4 Å². The smallest absolute Gasteiger partial charge is 0.0651 e. The summed E-state index contributed by atoms with van der Waals surface area (Å²) in [7, 11) is 0. The number of benzene rings is 6. The van der Waals surface area contributed by atoms with Crippen LogP contribution in [0.5, 0.6) is 0 Å². The number of nitrogens with zero attached hydrogens (tertiary/aromatic N) is 3.